The van der Waals surface area contributed by atoms with Crippen molar-refractivity contribution in [1.82, 2.24) is 15.0 Å². The minimum absolute atomic E-state index is 0.0880. The molecule has 1 fully saturated rings. The molecular formula is C18H23N5O3. The average Bonchev–Trinajstić information content (AvgIpc) is 3.06. The average molecular weight is 357 g/mol. The number of carbonyl (C=O) groups is 2. The number of hydrogen-bond donors (Lipinski definition) is 2. The zero-order valence-corrected chi connectivity index (χ0v) is 14.8. The fourth-order valence-corrected chi connectivity index (χ4v) is 2.79. The first-order valence-electron chi connectivity index (χ1n) is 8.66. The summed E-state index contributed by atoms with van der Waals surface area (Å²) in [4.78, 5) is 28.2. The highest BCUT2D eigenvalue weighted by Gasteiger charge is 2.21. The van der Waals surface area contributed by atoms with Crippen molar-refractivity contribution in [3.63, 3.8) is 0 Å². The molecule has 26 heavy (non-hydrogen) atoms. The van der Waals surface area contributed by atoms with Crippen molar-refractivity contribution in [3.8, 4) is 0 Å². The predicted octanol–water partition coefficient (Wildman–Crippen LogP) is 2.16. The minimum Gasteiger partial charge on any atom is -0.360 e. The summed E-state index contributed by atoms with van der Waals surface area (Å²) in [5.74, 6) is 1.00. The second kappa shape index (κ2) is 8.48. The van der Waals surface area contributed by atoms with Crippen LogP contribution in [0.1, 0.15) is 12.2 Å². The molecule has 2 N–H and O–H groups in total. The first-order valence-corrected chi connectivity index (χ1v) is 8.66. The Morgan fingerprint density at radius 3 is 2.50 bits per heavy atom. The summed E-state index contributed by atoms with van der Waals surface area (Å²) in [5.41, 5.74) is 0.791. The molecule has 1 aromatic heterocycles. The van der Waals surface area contributed by atoms with Gasteiger partial charge in [0.25, 0.3) is 0 Å². The van der Waals surface area contributed by atoms with Crippen LogP contribution in [0.3, 0.4) is 0 Å². The number of rotatable bonds is 5. The molecule has 0 bridgehead atoms. The number of urea groups is 1. The van der Waals surface area contributed by atoms with E-state index in [1.807, 2.05) is 30.3 Å². The van der Waals surface area contributed by atoms with Crippen LogP contribution in [0.2, 0.25) is 0 Å². The van der Waals surface area contributed by atoms with Crippen LogP contribution in [0, 0.1) is 6.92 Å². The van der Waals surface area contributed by atoms with Crippen molar-refractivity contribution in [1.29, 1.82) is 0 Å². The van der Waals surface area contributed by atoms with Gasteiger partial charge in [0.15, 0.2) is 5.82 Å². The molecule has 0 atom stereocenters. The third-order valence-electron chi connectivity index (χ3n) is 4.24. The Kier molecular flexibility index (Phi) is 5.85. The predicted molar refractivity (Wildman–Crippen MR) is 98.0 cm³/mol. The molecule has 0 radical (unpaired) electrons. The molecule has 1 aliphatic rings. The highest BCUT2D eigenvalue weighted by Crippen LogP contribution is 2.10. The second-order valence-corrected chi connectivity index (χ2v) is 6.25. The van der Waals surface area contributed by atoms with Crippen LogP contribution >= 0.6 is 0 Å². The molecule has 8 heteroatoms. The molecule has 0 unspecified atom stereocenters. The third-order valence-corrected chi connectivity index (χ3v) is 4.24. The zero-order chi connectivity index (χ0) is 18.4. The maximum atomic E-state index is 12.3. The number of para-hydroxylation sites is 1. The van der Waals surface area contributed by atoms with Gasteiger partial charge in [-0.05, 0) is 19.1 Å². The lowest BCUT2D eigenvalue weighted by molar-refractivity contribution is -0.116. The zero-order valence-electron chi connectivity index (χ0n) is 14.8. The van der Waals surface area contributed by atoms with Crippen molar-refractivity contribution in [2.45, 2.75) is 13.3 Å². The van der Waals surface area contributed by atoms with E-state index in [4.69, 9.17) is 4.52 Å². The van der Waals surface area contributed by atoms with Gasteiger partial charge in [-0.15, -0.1) is 0 Å². The van der Waals surface area contributed by atoms with Gasteiger partial charge >= 0.3 is 6.03 Å². The lowest BCUT2D eigenvalue weighted by atomic mass is 10.3. The highest BCUT2D eigenvalue weighted by atomic mass is 16.5. The van der Waals surface area contributed by atoms with Crippen LogP contribution < -0.4 is 10.6 Å². The number of piperazine rings is 1. The molecule has 138 valence electrons. The van der Waals surface area contributed by atoms with Gasteiger partial charge in [-0.1, -0.05) is 23.4 Å². The standard InChI is InChI=1S/C18H23N5O3/c1-14-13-16(21-26-14)20-17(24)7-8-22-9-11-23(12-10-22)18(25)19-15-5-3-2-4-6-15/h2-6,13H,7-12H2,1H3,(H,19,25)(H,20,21,24). The first-order chi connectivity index (χ1) is 12.6. The van der Waals surface area contributed by atoms with Crippen LogP contribution in [0.25, 0.3) is 0 Å². The molecule has 2 aromatic rings. The van der Waals surface area contributed by atoms with E-state index in [9.17, 15) is 9.59 Å². The van der Waals surface area contributed by atoms with E-state index in [-0.39, 0.29) is 11.9 Å². The number of aryl methyl sites for hydroxylation is 1. The summed E-state index contributed by atoms with van der Waals surface area (Å²) in [6.45, 7) is 5.20. The maximum absolute atomic E-state index is 12.3. The topological polar surface area (TPSA) is 90.7 Å². The Hall–Kier alpha value is -2.87. The summed E-state index contributed by atoms with van der Waals surface area (Å²) >= 11 is 0. The Bertz CT molecular complexity index is 738. The normalized spacial score (nSPS) is 14.9. The lowest BCUT2D eigenvalue weighted by Crippen LogP contribution is -2.50. The monoisotopic (exact) mass is 357 g/mol. The number of nitrogens with zero attached hydrogens (tertiary/aromatic N) is 3. The number of nitrogens with one attached hydrogen (secondary N) is 2. The third kappa shape index (κ3) is 5.06. The van der Waals surface area contributed by atoms with Crippen LogP contribution in [0.15, 0.2) is 40.9 Å². The fraction of sp³-hybridized carbons (Fsp3) is 0.389. The van der Waals surface area contributed by atoms with Gasteiger partial charge in [0, 0.05) is 50.9 Å². The Labute approximate surface area is 152 Å². The molecule has 0 spiro atoms. The molecule has 1 aliphatic heterocycles. The van der Waals surface area contributed by atoms with Crippen molar-refractivity contribution >= 4 is 23.4 Å². The van der Waals surface area contributed by atoms with Crippen LogP contribution in [-0.2, 0) is 4.79 Å². The quantitative estimate of drug-likeness (QED) is 0.856. The Balaban J connectivity index is 1.37. The van der Waals surface area contributed by atoms with E-state index in [1.54, 1.807) is 17.9 Å². The van der Waals surface area contributed by atoms with Gasteiger partial charge in [-0.3, -0.25) is 9.69 Å². The number of hydrogen-bond acceptors (Lipinski definition) is 5. The van der Waals surface area contributed by atoms with Crippen LogP contribution in [-0.4, -0.2) is 59.6 Å². The van der Waals surface area contributed by atoms with Crippen molar-refractivity contribution in [2.75, 3.05) is 43.4 Å². The number of aromatic nitrogens is 1. The number of benzene rings is 1. The summed E-state index contributed by atoms with van der Waals surface area (Å²) in [7, 11) is 0. The van der Waals surface area contributed by atoms with E-state index < -0.39 is 0 Å². The summed E-state index contributed by atoms with van der Waals surface area (Å²) < 4.78 is 4.92. The molecule has 2 heterocycles. The molecule has 1 aromatic carbocycles. The summed E-state index contributed by atoms with van der Waals surface area (Å²) in [6, 6.07) is 11.0. The molecular weight excluding hydrogens is 334 g/mol. The first kappa shape index (κ1) is 17.9. The second-order valence-electron chi connectivity index (χ2n) is 6.25. The lowest BCUT2D eigenvalue weighted by Gasteiger charge is -2.34. The molecule has 0 saturated carbocycles. The Morgan fingerprint density at radius 1 is 1.12 bits per heavy atom. The molecule has 0 aliphatic carbocycles. The molecule has 8 nitrogen and oxygen atoms in total. The van der Waals surface area contributed by atoms with Crippen molar-refractivity contribution in [2.24, 2.45) is 0 Å². The van der Waals surface area contributed by atoms with Crippen LogP contribution in [0.5, 0.6) is 0 Å². The van der Waals surface area contributed by atoms with E-state index in [0.29, 0.717) is 37.6 Å². The molecule has 3 rings (SSSR count). The van der Waals surface area contributed by atoms with Crippen molar-refractivity contribution < 1.29 is 14.1 Å². The maximum Gasteiger partial charge on any atom is 0.321 e. The van der Waals surface area contributed by atoms with E-state index >= 15 is 0 Å². The summed E-state index contributed by atoms with van der Waals surface area (Å²) in [5, 5.41) is 9.35. The number of anilines is 2. The SMILES string of the molecule is Cc1cc(NC(=O)CCN2CCN(C(=O)Nc3ccccc3)CC2)no1. The van der Waals surface area contributed by atoms with Gasteiger partial charge in [-0.25, -0.2) is 4.79 Å². The molecule has 1 saturated heterocycles. The Morgan fingerprint density at radius 2 is 1.85 bits per heavy atom. The number of carbonyl (C=O) groups excluding carboxylic acids is 2. The van der Waals surface area contributed by atoms with E-state index in [1.165, 1.54) is 0 Å². The van der Waals surface area contributed by atoms with Gasteiger partial charge in [0.2, 0.25) is 5.91 Å². The van der Waals surface area contributed by atoms with Crippen molar-refractivity contribution in [3.05, 3.63) is 42.2 Å². The minimum atomic E-state index is -0.0949. The van der Waals surface area contributed by atoms with Gasteiger partial charge in [0.1, 0.15) is 5.76 Å². The van der Waals surface area contributed by atoms with Crippen LogP contribution in [0.4, 0.5) is 16.3 Å². The van der Waals surface area contributed by atoms with Gasteiger partial charge < -0.3 is 20.1 Å². The summed E-state index contributed by atoms with van der Waals surface area (Å²) in [6.07, 6.45) is 0.377. The van der Waals surface area contributed by atoms with E-state index in [2.05, 4.69) is 20.7 Å². The fourth-order valence-electron chi connectivity index (χ4n) is 2.79. The largest absolute Gasteiger partial charge is 0.360 e. The smallest absolute Gasteiger partial charge is 0.321 e. The number of amides is 3. The van der Waals surface area contributed by atoms with E-state index in [0.717, 1.165) is 18.8 Å². The van der Waals surface area contributed by atoms with Gasteiger partial charge in [0.05, 0.1) is 0 Å². The molecule has 3 amide bonds. The highest BCUT2D eigenvalue weighted by molar-refractivity contribution is 5.90. The van der Waals surface area contributed by atoms with Gasteiger partial charge in [-0.2, -0.15) is 0 Å².